The van der Waals surface area contributed by atoms with Gasteiger partial charge in [-0.05, 0) is 30.0 Å². The number of nitrogens with zero attached hydrogens (tertiary/aromatic N) is 2. The van der Waals surface area contributed by atoms with Gasteiger partial charge in [-0.3, -0.25) is 9.13 Å². The predicted molar refractivity (Wildman–Crippen MR) is 89.4 cm³/mol. The van der Waals surface area contributed by atoms with Gasteiger partial charge in [0.05, 0.1) is 11.0 Å². The Kier molecular flexibility index (Phi) is 3.97. The van der Waals surface area contributed by atoms with Gasteiger partial charge in [0.25, 0.3) is 0 Å². The molecule has 1 fully saturated rings. The van der Waals surface area contributed by atoms with Crippen molar-refractivity contribution in [2.24, 2.45) is 25.7 Å². The van der Waals surface area contributed by atoms with Crippen molar-refractivity contribution in [3.63, 3.8) is 0 Å². The van der Waals surface area contributed by atoms with Crippen molar-refractivity contribution in [2.45, 2.75) is 38.1 Å². The SMILES string of the molecule is Cn1c(=O)n(C)c2cc(C(N)CC3CCCC3)c(Br)cc21. The Hall–Kier alpha value is -1.07. The van der Waals surface area contributed by atoms with Crippen molar-refractivity contribution in [3.8, 4) is 0 Å². The van der Waals surface area contributed by atoms with E-state index in [9.17, 15) is 4.79 Å². The molecule has 1 aliphatic carbocycles. The van der Waals surface area contributed by atoms with Crippen LogP contribution in [0.15, 0.2) is 21.4 Å². The monoisotopic (exact) mass is 351 g/mol. The lowest BCUT2D eigenvalue weighted by Gasteiger charge is -2.18. The minimum absolute atomic E-state index is 0.00147. The van der Waals surface area contributed by atoms with Crippen molar-refractivity contribution in [1.82, 2.24) is 9.13 Å². The molecule has 3 rings (SSSR count). The van der Waals surface area contributed by atoms with Gasteiger partial charge in [0.15, 0.2) is 0 Å². The molecule has 0 radical (unpaired) electrons. The van der Waals surface area contributed by atoms with Crippen molar-refractivity contribution in [1.29, 1.82) is 0 Å². The van der Waals surface area contributed by atoms with Crippen LogP contribution in [0.2, 0.25) is 0 Å². The minimum Gasteiger partial charge on any atom is -0.324 e. The van der Waals surface area contributed by atoms with Crippen molar-refractivity contribution in [3.05, 3.63) is 32.7 Å². The molecule has 5 heteroatoms. The average Bonchev–Trinajstić information content (AvgIpc) is 3.03. The lowest BCUT2D eigenvalue weighted by atomic mass is 9.94. The van der Waals surface area contributed by atoms with Gasteiger partial charge in [0.2, 0.25) is 0 Å². The van der Waals surface area contributed by atoms with Gasteiger partial charge in [0, 0.05) is 24.6 Å². The van der Waals surface area contributed by atoms with Crippen LogP contribution in [-0.2, 0) is 14.1 Å². The Bertz CT molecular complexity index is 725. The minimum atomic E-state index is -0.00147. The van der Waals surface area contributed by atoms with E-state index in [1.807, 2.05) is 13.1 Å². The summed E-state index contributed by atoms with van der Waals surface area (Å²) in [7, 11) is 3.61. The number of nitrogens with two attached hydrogens (primary N) is 1. The Labute approximate surface area is 133 Å². The van der Waals surface area contributed by atoms with Crippen LogP contribution in [0.25, 0.3) is 11.0 Å². The lowest BCUT2D eigenvalue weighted by molar-refractivity contribution is 0.450. The molecule has 21 heavy (non-hydrogen) atoms. The summed E-state index contributed by atoms with van der Waals surface area (Å²) in [5, 5.41) is 0. The second-order valence-electron chi connectivity index (χ2n) is 6.26. The third kappa shape index (κ3) is 2.57. The van der Waals surface area contributed by atoms with E-state index in [4.69, 9.17) is 5.73 Å². The van der Waals surface area contributed by atoms with Gasteiger partial charge >= 0.3 is 5.69 Å². The molecule has 1 aromatic heterocycles. The molecular weight excluding hydrogens is 330 g/mol. The number of halogens is 1. The van der Waals surface area contributed by atoms with Crippen molar-refractivity contribution in [2.75, 3.05) is 0 Å². The second kappa shape index (κ2) is 5.61. The van der Waals surface area contributed by atoms with E-state index < -0.39 is 0 Å². The average molecular weight is 352 g/mol. The van der Waals surface area contributed by atoms with Gasteiger partial charge < -0.3 is 5.73 Å². The number of hydrogen-bond acceptors (Lipinski definition) is 2. The number of fused-ring (bicyclic) bond motifs is 1. The van der Waals surface area contributed by atoms with E-state index in [2.05, 4.69) is 22.0 Å². The third-order valence-electron chi connectivity index (χ3n) is 4.85. The van der Waals surface area contributed by atoms with Crippen LogP contribution < -0.4 is 11.4 Å². The first-order chi connectivity index (χ1) is 9.99. The molecule has 1 heterocycles. The highest BCUT2D eigenvalue weighted by atomic mass is 79.9. The Morgan fingerprint density at radius 1 is 1.24 bits per heavy atom. The lowest BCUT2D eigenvalue weighted by Crippen LogP contribution is -2.19. The zero-order chi connectivity index (χ0) is 15.1. The van der Waals surface area contributed by atoms with Gasteiger partial charge in [-0.25, -0.2) is 4.79 Å². The molecule has 0 amide bonds. The molecule has 1 unspecified atom stereocenters. The van der Waals surface area contributed by atoms with Crippen LogP contribution in [0.1, 0.15) is 43.7 Å². The van der Waals surface area contributed by atoms with Crippen molar-refractivity contribution >= 4 is 27.0 Å². The zero-order valence-electron chi connectivity index (χ0n) is 12.6. The maximum Gasteiger partial charge on any atom is 0.328 e. The van der Waals surface area contributed by atoms with Crippen LogP contribution in [0.4, 0.5) is 0 Å². The molecule has 0 bridgehead atoms. The molecule has 0 saturated heterocycles. The van der Waals surface area contributed by atoms with Gasteiger partial charge in [-0.2, -0.15) is 0 Å². The van der Waals surface area contributed by atoms with E-state index >= 15 is 0 Å². The predicted octanol–water partition coefficient (Wildman–Crippen LogP) is 3.22. The standard InChI is InChI=1S/C16H22BrN3O/c1-19-14-8-11(13(18)7-10-5-3-4-6-10)12(17)9-15(14)20(2)16(19)21/h8-10,13H,3-7,18H2,1-2H3. The van der Waals surface area contributed by atoms with Crippen molar-refractivity contribution < 1.29 is 0 Å². The van der Waals surface area contributed by atoms with Crippen LogP contribution in [0.3, 0.4) is 0 Å². The normalized spacial score (nSPS) is 17.7. The largest absolute Gasteiger partial charge is 0.328 e. The topological polar surface area (TPSA) is 53.0 Å². The maximum atomic E-state index is 12.0. The van der Waals surface area contributed by atoms with Gasteiger partial charge in [-0.15, -0.1) is 0 Å². The third-order valence-corrected chi connectivity index (χ3v) is 5.54. The fourth-order valence-corrected chi connectivity index (χ4v) is 4.18. The summed E-state index contributed by atoms with van der Waals surface area (Å²) in [4.78, 5) is 12.0. The summed E-state index contributed by atoms with van der Waals surface area (Å²) in [6, 6.07) is 4.11. The van der Waals surface area contributed by atoms with Gasteiger partial charge in [0.1, 0.15) is 0 Å². The molecular formula is C16H22BrN3O. The molecule has 4 nitrogen and oxygen atoms in total. The molecule has 0 aliphatic heterocycles. The fourth-order valence-electron chi connectivity index (χ4n) is 3.55. The first-order valence-corrected chi connectivity index (χ1v) is 8.38. The number of hydrogen-bond donors (Lipinski definition) is 1. The van der Waals surface area contributed by atoms with E-state index in [1.165, 1.54) is 25.7 Å². The van der Waals surface area contributed by atoms with E-state index in [1.54, 1.807) is 16.2 Å². The quantitative estimate of drug-likeness (QED) is 0.922. The number of rotatable bonds is 3. The molecule has 2 N–H and O–H groups in total. The molecule has 0 spiro atoms. The van der Waals surface area contributed by atoms with E-state index in [0.29, 0.717) is 0 Å². The van der Waals surface area contributed by atoms with Crippen LogP contribution in [0.5, 0.6) is 0 Å². The summed E-state index contributed by atoms with van der Waals surface area (Å²) in [6.45, 7) is 0. The maximum absolute atomic E-state index is 12.0. The smallest absolute Gasteiger partial charge is 0.324 e. The van der Waals surface area contributed by atoms with Crippen LogP contribution >= 0.6 is 15.9 Å². The highest BCUT2D eigenvalue weighted by molar-refractivity contribution is 9.10. The second-order valence-corrected chi connectivity index (χ2v) is 7.11. The zero-order valence-corrected chi connectivity index (χ0v) is 14.2. The molecule has 1 atom stereocenters. The summed E-state index contributed by atoms with van der Waals surface area (Å²) < 4.78 is 4.36. The Morgan fingerprint density at radius 2 is 1.81 bits per heavy atom. The Balaban J connectivity index is 2.00. The molecule has 1 saturated carbocycles. The van der Waals surface area contributed by atoms with Gasteiger partial charge in [-0.1, -0.05) is 41.6 Å². The highest BCUT2D eigenvalue weighted by Gasteiger charge is 2.21. The summed E-state index contributed by atoms with van der Waals surface area (Å²) >= 11 is 3.63. The number of aromatic nitrogens is 2. The Morgan fingerprint density at radius 3 is 2.43 bits per heavy atom. The highest BCUT2D eigenvalue weighted by Crippen LogP contribution is 2.35. The number of aryl methyl sites for hydroxylation is 2. The first-order valence-electron chi connectivity index (χ1n) is 7.59. The summed E-state index contributed by atoms with van der Waals surface area (Å²) in [5.74, 6) is 0.752. The molecule has 1 aliphatic rings. The number of benzene rings is 1. The van der Waals surface area contributed by atoms with E-state index in [-0.39, 0.29) is 11.7 Å². The molecule has 2 aromatic rings. The number of imidazole rings is 1. The molecule has 114 valence electrons. The van der Waals surface area contributed by atoms with E-state index in [0.717, 1.165) is 33.4 Å². The first kappa shape index (κ1) is 14.9. The summed E-state index contributed by atoms with van der Waals surface area (Å²) in [5.41, 5.74) is 9.43. The van der Waals surface area contributed by atoms with Crippen LogP contribution in [0, 0.1) is 5.92 Å². The summed E-state index contributed by atoms with van der Waals surface area (Å²) in [6.07, 6.45) is 6.31. The van der Waals surface area contributed by atoms with Crippen LogP contribution in [-0.4, -0.2) is 9.13 Å². The fraction of sp³-hybridized carbons (Fsp3) is 0.562. The molecule has 1 aromatic carbocycles.